The van der Waals surface area contributed by atoms with Gasteiger partial charge in [-0.05, 0) is 48.9 Å². The van der Waals surface area contributed by atoms with Gasteiger partial charge in [0.05, 0.1) is 0 Å². The van der Waals surface area contributed by atoms with Crippen molar-refractivity contribution in [3.05, 3.63) is 29.3 Å². The normalized spacial score (nSPS) is 13.5. The number of carboxylic acids is 1. The van der Waals surface area contributed by atoms with Gasteiger partial charge in [0.1, 0.15) is 5.75 Å². The van der Waals surface area contributed by atoms with Gasteiger partial charge in [-0.25, -0.2) is 0 Å². The number of rotatable bonds is 8. The summed E-state index contributed by atoms with van der Waals surface area (Å²) in [7, 11) is 0. The van der Waals surface area contributed by atoms with Crippen molar-refractivity contribution in [1.82, 2.24) is 5.32 Å². The Morgan fingerprint density at radius 2 is 1.87 bits per heavy atom. The standard InChI is InChI=1S/C18H27NO4/c1-11(2)16-7-6-15(9-13(16)4)23-14(5)18(22)19-10-12(3)8-17(20)21/h6-7,9,11-12,14H,8,10H2,1-5H3,(H,19,22)(H,20,21). The molecule has 5 heteroatoms. The van der Waals surface area contributed by atoms with E-state index in [0.717, 1.165) is 5.56 Å². The molecule has 0 spiro atoms. The van der Waals surface area contributed by atoms with Gasteiger partial charge in [-0.15, -0.1) is 0 Å². The number of ether oxygens (including phenoxy) is 1. The molecule has 0 aliphatic rings. The molecule has 2 N–H and O–H groups in total. The Morgan fingerprint density at radius 3 is 2.39 bits per heavy atom. The Hall–Kier alpha value is -2.04. The summed E-state index contributed by atoms with van der Waals surface area (Å²) in [5.41, 5.74) is 2.40. The lowest BCUT2D eigenvalue weighted by molar-refractivity contribution is -0.138. The predicted octanol–water partition coefficient (Wildman–Crippen LogP) is 3.11. The van der Waals surface area contributed by atoms with Gasteiger partial charge in [-0.1, -0.05) is 26.8 Å². The highest BCUT2D eigenvalue weighted by Gasteiger charge is 2.17. The summed E-state index contributed by atoms with van der Waals surface area (Å²) in [6.07, 6.45) is -0.595. The van der Waals surface area contributed by atoms with Crippen molar-refractivity contribution in [3.63, 3.8) is 0 Å². The molecule has 0 aromatic heterocycles. The maximum atomic E-state index is 12.0. The molecule has 1 amide bonds. The molecule has 0 aliphatic carbocycles. The quantitative estimate of drug-likeness (QED) is 0.771. The molecule has 2 unspecified atom stereocenters. The first-order valence-corrected chi connectivity index (χ1v) is 7.97. The molecular weight excluding hydrogens is 294 g/mol. The molecule has 1 aromatic carbocycles. The van der Waals surface area contributed by atoms with Crippen LogP contribution in [0.25, 0.3) is 0 Å². The number of nitrogens with one attached hydrogen (secondary N) is 1. The Bertz CT molecular complexity index is 554. The van der Waals surface area contributed by atoms with Crippen LogP contribution in [0.3, 0.4) is 0 Å². The molecule has 128 valence electrons. The molecule has 0 aliphatic heterocycles. The molecule has 0 bridgehead atoms. The monoisotopic (exact) mass is 321 g/mol. The third-order valence-corrected chi connectivity index (χ3v) is 3.69. The van der Waals surface area contributed by atoms with Gasteiger partial charge in [0.2, 0.25) is 0 Å². The Labute approximate surface area is 138 Å². The summed E-state index contributed by atoms with van der Waals surface area (Å²) in [4.78, 5) is 22.6. The molecule has 0 saturated carbocycles. The lowest BCUT2D eigenvalue weighted by Crippen LogP contribution is -2.38. The van der Waals surface area contributed by atoms with Crippen molar-refractivity contribution in [3.8, 4) is 5.75 Å². The highest BCUT2D eigenvalue weighted by atomic mass is 16.5. The third-order valence-electron chi connectivity index (χ3n) is 3.69. The molecule has 0 fully saturated rings. The number of benzene rings is 1. The second-order valence-corrected chi connectivity index (χ2v) is 6.38. The van der Waals surface area contributed by atoms with Crippen LogP contribution in [-0.2, 0) is 9.59 Å². The van der Waals surface area contributed by atoms with Crippen LogP contribution >= 0.6 is 0 Å². The second-order valence-electron chi connectivity index (χ2n) is 6.38. The largest absolute Gasteiger partial charge is 0.481 e. The minimum absolute atomic E-state index is 0.0331. The maximum Gasteiger partial charge on any atom is 0.303 e. The topological polar surface area (TPSA) is 75.6 Å². The van der Waals surface area contributed by atoms with E-state index in [1.165, 1.54) is 5.56 Å². The number of aliphatic carboxylic acids is 1. The van der Waals surface area contributed by atoms with E-state index in [9.17, 15) is 9.59 Å². The van der Waals surface area contributed by atoms with Gasteiger partial charge in [-0.2, -0.15) is 0 Å². The lowest BCUT2D eigenvalue weighted by atomic mass is 9.98. The van der Waals surface area contributed by atoms with Crippen molar-refractivity contribution in [2.75, 3.05) is 6.54 Å². The van der Waals surface area contributed by atoms with Crippen LogP contribution < -0.4 is 10.1 Å². The number of hydrogen-bond acceptors (Lipinski definition) is 3. The van der Waals surface area contributed by atoms with E-state index >= 15 is 0 Å². The van der Waals surface area contributed by atoms with Crippen LogP contribution in [0, 0.1) is 12.8 Å². The highest BCUT2D eigenvalue weighted by Crippen LogP contribution is 2.24. The zero-order valence-electron chi connectivity index (χ0n) is 14.6. The van der Waals surface area contributed by atoms with E-state index in [0.29, 0.717) is 18.2 Å². The van der Waals surface area contributed by atoms with E-state index in [1.54, 1.807) is 13.8 Å². The van der Waals surface area contributed by atoms with Gasteiger partial charge >= 0.3 is 5.97 Å². The van der Waals surface area contributed by atoms with E-state index < -0.39 is 12.1 Å². The van der Waals surface area contributed by atoms with Crippen molar-refractivity contribution < 1.29 is 19.4 Å². The summed E-state index contributed by atoms with van der Waals surface area (Å²) in [6, 6.07) is 5.83. The van der Waals surface area contributed by atoms with Crippen LogP contribution in [-0.4, -0.2) is 29.6 Å². The summed E-state index contributed by atoms with van der Waals surface area (Å²) < 4.78 is 5.68. The second kappa shape index (κ2) is 8.56. The minimum atomic E-state index is -0.864. The minimum Gasteiger partial charge on any atom is -0.481 e. The van der Waals surface area contributed by atoms with Gasteiger partial charge in [-0.3, -0.25) is 9.59 Å². The summed E-state index contributed by atoms with van der Waals surface area (Å²) >= 11 is 0. The molecule has 23 heavy (non-hydrogen) atoms. The van der Waals surface area contributed by atoms with Crippen molar-refractivity contribution in [1.29, 1.82) is 0 Å². The SMILES string of the molecule is Cc1cc(OC(C)C(=O)NCC(C)CC(=O)O)ccc1C(C)C. The molecule has 0 heterocycles. The first-order chi connectivity index (χ1) is 10.7. The molecular formula is C18H27NO4. The number of aryl methyl sites for hydroxylation is 1. The van der Waals surface area contributed by atoms with Gasteiger partial charge in [0.15, 0.2) is 6.10 Å². The molecule has 1 rings (SSSR count). The zero-order valence-corrected chi connectivity index (χ0v) is 14.6. The Kier molecular flexibility index (Phi) is 7.07. The number of carbonyl (C=O) groups is 2. The van der Waals surface area contributed by atoms with E-state index in [2.05, 4.69) is 19.2 Å². The summed E-state index contributed by atoms with van der Waals surface area (Å²) in [5.74, 6) is -0.116. The van der Waals surface area contributed by atoms with Crippen LogP contribution in [0.5, 0.6) is 5.75 Å². The Balaban J connectivity index is 2.55. The average molecular weight is 321 g/mol. The third kappa shape index (κ3) is 6.30. The fourth-order valence-electron chi connectivity index (χ4n) is 2.42. The van der Waals surface area contributed by atoms with Crippen LogP contribution in [0.4, 0.5) is 0 Å². The maximum absolute atomic E-state index is 12.0. The summed E-state index contributed by atoms with van der Waals surface area (Å²) in [6.45, 7) is 10.1. The Morgan fingerprint density at radius 1 is 1.22 bits per heavy atom. The fraction of sp³-hybridized carbons (Fsp3) is 0.556. The average Bonchev–Trinajstić information content (AvgIpc) is 2.43. The van der Waals surface area contributed by atoms with Gasteiger partial charge in [0.25, 0.3) is 5.91 Å². The molecule has 2 atom stereocenters. The number of carbonyl (C=O) groups excluding carboxylic acids is 1. The summed E-state index contributed by atoms with van der Waals surface area (Å²) in [5, 5.41) is 11.4. The zero-order chi connectivity index (χ0) is 17.6. The molecule has 5 nitrogen and oxygen atoms in total. The van der Waals surface area contributed by atoms with E-state index in [-0.39, 0.29) is 18.2 Å². The van der Waals surface area contributed by atoms with Gasteiger partial charge in [0, 0.05) is 13.0 Å². The van der Waals surface area contributed by atoms with Crippen molar-refractivity contribution in [2.45, 2.75) is 53.1 Å². The fourth-order valence-corrected chi connectivity index (χ4v) is 2.42. The predicted molar refractivity (Wildman–Crippen MR) is 89.8 cm³/mol. The van der Waals surface area contributed by atoms with Crippen LogP contribution in [0.2, 0.25) is 0 Å². The van der Waals surface area contributed by atoms with E-state index in [4.69, 9.17) is 9.84 Å². The van der Waals surface area contributed by atoms with Crippen molar-refractivity contribution in [2.24, 2.45) is 5.92 Å². The number of amides is 1. The number of carboxylic acid groups (broad SMARTS) is 1. The molecule has 0 saturated heterocycles. The van der Waals surface area contributed by atoms with Gasteiger partial charge < -0.3 is 15.2 Å². The van der Waals surface area contributed by atoms with Crippen molar-refractivity contribution >= 4 is 11.9 Å². The lowest BCUT2D eigenvalue weighted by Gasteiger charge is -2.18. The van der Waals surface area contributed by atoms with E-state index in [1.807, 2.05) is 25.1 Å². The molecule has 1 aromatic rings. The van der Waals surface area contributed by atoms with Crippen LogP contribution in [0.1, 0.15) is 51.2 Å². The first-order valence-electron chi connectivity index (χ1n) is 7.97. The van der Waals surface area contributed by atoms with Crippen LogP contribution in [0.15, 0.2) is 18.2 Å². The highest BCUT2D eigenvalue weighted by molar-refractivity contribution is 5.80. The number of hydrogen-bond donors (Lipinski definition) is 2. The first kappa shape index (κ1) is 19.0. The molecule has 0 radical (unpaired) electrons. The smallest absolute Gasteiger partial charge is 0.303 e.